The standard InChI is InChI=1S/C27H33NO6/c1-6-34-22-12-11-19(16-21(22)17(2)3)25(29)23-24(18-9-7-10-20(15-18)33-5)28(13-8-14-32-4)27(31)26(23)30/h7,9-12,15-17,24,29H,6,8,13-14H2,1-5H3/b25-23-. The molecule has 0 aliphatic carbocycles. The third kappa shape index (κ3) is 5.09. The highest BCUT2D eigenvalue weighted by Crippen LogP contribution is 2.41. The van der Waals surface area contributed by atoms with Crippen LogP contribution in [0.3, 0.4) is 0 Å². The van der Waals surface area contributed by atoms with E-state index in [-0.39, 0.29) is 17.3 Å². The number of Topliss-reactive ketones (excluding diaryl/α,β-unsaturated/α-hetero) is 1. The van der Waals surface area contributed by atoms with Crippen LogP contribution in [0.1, 0.15) is 55.8 Å². The number of likely N-dealkylation sites (tertiary alicyclic amines) is 1. The van der Waals surface area contributed by atoms with Gasteiger partial charge >= 0.3 is 0 Å². The van der Waals surface area contributed by atoms with E-state index < -0.39 is 17.7 Å². The van der Waals surface area contributed by atoms with E-state index in [1.807, 2.05) is 32.9 Å². The van der Waals surface area contributed by atoms with Crippen LogP contribution in [0.25, 0.3) is 5.76 Å². The molecule has 1 saturated heterocycles. The van der Waals surface area contributed by atoms with Gasteiger partial charge in [-0.2, -0.15) is 0 Å². The Bertz CT molecular complexity index is 1070. The number of nitrogens with zero attached hydrogens (tertiary/aromatic N) is 1. The number of aliphatic hydroxyl groups is 1. The number of ether oxygens (including phenoxy) is 3. The Kier molecular flexibility index (Phi) is 8.34. The lowest BCUT2D eigenvalue weighted by Crippen LogP contribution is -2.31. The van der Waals surface area contributed by atoms with Crippen molar-refractivity contribution in [2.75, 3.05) is 34.0 Å². The quantitative estimate of drug-likeness (QED) is 0.236. The van der Waals surface area contributed by atoms with E-state index in [1.54, 1.807) is 44.6 Å². The van der Waals surface area contributed by atoms with Crippen LogP contribution in [0.4, 0.5) is 0 Å². The molecule has 1 atom stereocenters. The summed E-state index contributed by atoms with van der Waals surface area (Å²) in [5.74, 6) is -0.0740. The van der Waals surface area contributed by atoms with Crippen molar-refractivity contribution >= 4 is 17.4 Å². The molecule has 1 aliphatic rings. The normalized spacial score (nSPS) is 17.5. The van der Waals surface area contributed by atoms with E-state index >= 15 is 0 Å². The molecule has 182 valence electrons. The molecule has 7 heteroatoms. The van der Waals surface area contributed by atoms with Gasteiger partial charge in [-0.15, -0.1) is 0 Å². The lowest BCUT2D eigenvalue weighted by molar-refractivity contribution is -0.140. The zero-order valence-corrected chi connectivity index (χ0v) is 20.5. The summed E-state index contributed by atoms with van der Waals surface area (Å²) in [7, 11) is 3.15. The molecule has 0 spiro atoms. The Morgan fingerprint density at radius 2 is 1.88 bits per heavy atom. The van der Waals surface area contributed by atoms with Gasteiger partial charge in [0.15, 0.2) is 0 Å². The van der Waals surface area contributed by atoms with Crippen LogP contribution in [-0.4, -0.2) is 55.7 Å². The Hall–Kier alpha value is -3.32. The highest BCUT2D eigenvalue weighted by atomic mass is 16.5. The Morgan fingerprint density at radius 3 is 2.53 bits per heavy atom. The number of hydrogen-bond donors (Lipinski definition) is 1. The van der Waals surface area contributed by atoms with Gasteiger partial charge in [0.05, 0.1) is 25.3 Å². The predicted molar refractivity (Wildman–Crippen MR) is 130 cm³/mol. The van der Waals surface area contributed by atoms with Crippen LogP contribution in [0.15, 0.2) is 48.0 Å². The molecule has 1 aliphatic heterocycles. The first-order valence-electron chi connectivity index (χ1n) is 11.5. The first-order chi connectivity index (χ1) is 16.3. The van der Waals surface area contributed by atoms with Crippen molar-refractivity contribution in [3.05, 3.63) is 64.7 Å². The van der Waals surface area contributed by atoms with Crippen LogP contribution in [0, 0.1) is 0 Å². The Labute approximate surface area is 200 Å². The molecule has 2 aromatic carbocycles. The maximum absolute atomic E-state index is 13.2. The highest BCUT2D eigenvalue weighted by molar-refractivity contribution is 6.46. The maximum Gasteiger partial charge on any atom is 0.295 e. The number of hydrogen-bond acceptors (Lipinski definition) is 6. The predicted octanol–water partition coefficient (Wildman–Crippen LogP) is 4.68. The second kappa shape index (κ2) is 11.2. The molecule has 0 aromatic heterocycles. The summed E-state index contributed by atoms with van der Waals surface area (Å²) in [5.41, 5.74) is 2.13. The van der Waals surface area contributed by atoms with Gasteiger partial charge in [0.1, 0.15) is 17.3 Å². The minimum atomic E-state index is -0.735. The highest BCUT2D eigenvalue weighted by Gasteiger charge is 2.46. The van der Waals surface area contributed by atoms with Crippen LogP contribution in [-0.2, 0) is 14.3 Å². The fraction of sp³-hybridized carbons (Fsp3) is 0.407. The Balaban J connectivity index is 2.16. The lowest BCUT2D eigenvalue weighted by Gasteiger charge is -2.25. The molecule has 7 nitrogen and oxygen atoms in total. The van der Waals surface area contributed by atoms with Gasteiger partial charge in [-0.05, 0) is 60.7 Å². The van der Waals surface area contributed by atoms with Crippen molar-refractivity contribution in [1.82, 2.24) is 4.90 Å². The fourth-order valence-electron chi connectivity index (χ4n) is 4.24. The number of rotatable bonds is 10. The summed E-state index contributed by atoms with van der Waals surface area (Å²) in [6.45, 7) is 7.27. The van der Waals surface area contributed by atoms with Crippen molar-refractivity contribution in [3.63, 3.8) is 0 Å². The number of aliphatic hydroxyl groups excluding tert-OH is 1. The zero-order valence-electron chi connectivity index (χ0n) is 20.5. The Morgan fingerprint density at radius 1 is 1.12 bits per heavy atom. The third-order valence-corrected chi connectivity index (χ3v) is 5.90. The second-order valence-corrected chi connectivity index (χ2v) is 8.46. The van der Waals surface area contributed by atoms with Gasteiger partial charge in [-0.3, -0.25) is 9.59 Å². The third-order valence-electron chi connectivity index (χ3n) is 5.90. The largest absolute Gasteiger partial charge is 0.507 e. The zero-order chi connectivity index (χ0) is 24.8. The molecule has 1 heterocycles. The minimum absolute atomic E-state index is 0.0644. The topological polar surface area (TPSA) is 85.3 Å². The van der Waals surface area contributed by atoms with E-state index in [0.717, 1.165) is 11.3 Å². The monoisotopic (exact) mass is 467 g/mol. The van der Waals surface area contributed by atoms with Crippen molar-refractivity contribution < 1.29 is 28.9 Å². The number of carbonyl (C=O) groups is 2. The van der Waals surface area contributed by atoms with Crippen LogP contribution in [0.5, 0.6) is 11.5 Å². The molecule has 0 bridgehead atoms. The molecule has 2 aromatic rings. The smallest absolute Gasteiger partial charge is 0.295 e. The SMILES string of the molecule is CCOc1ccc(/C(O)=C2/C(=O)C(=O)N(CCCOC)C2c2cccc(OC)c2)cc1C(C)C. The number of methoxy groups -OCH3 is 2. The molecule has 3 rings (SSSR count). The average Bonchev–Trinajstić information content (AvgIpc) is 3.09. The molecular weight excluding hydrogens is 434 g/mol. The molecule has 0 saturated carbocycles. The second-order valence-electron chi connectivity index (χ2n) is 8.46. The van der Waals surface area contributed by atoms with Crippen molar-refractivity contribution in [3.8, 4) is 11.5 Å². The summed E-state index contributed by atoms with van der Waals surface area (Å²) < 4.78 is 16.2. The van der Waals surface area contributed by atoms with Gasteiger partial charge in [0.2, 0.25) is 0 Å². The average molecular weight is 468 g/mol. The van der Waals surface area contributed by atoms with Gasteiger partial charge in [0, 0.05) is 25.8 Å². The minimum Gasteiger partial charge on any atom is -0.507 e. The summed E-state index contributed by atoms with van der Waals surface area (Å²) >= 11 is 0. The number of benzene rings is 2. The van der Waals surface area contributed by atoms with Crippen LogP contribution >= 0.6 is 0 Å². The molecule has 34 heavy (non-hydrogen) atoms. The van der Waals surface area contributed by atoms with Crippen LogP contribution < -0.4 is 9.47 Å². The van der Waals surface area contributed by atoms with E-state index in [9.17, 15) is 14.7 Å². The first kappa shape index (κ1) is 25.3. The van der Waals surface area contributed by atoms with Crippen molar-refractivity contribution in [2.24, 2.45) is 0 Å². The fourth-order valence-corrected chi connectivity index (χ4v) is 4.24. The van der Waals surface area contributed by atoms with Gasteiger partial charge in [0.25, 0.3) is 11.7 Å². The molecule has 1 amide bonds. The van der Waals surface area contributed by atoms with Crippen molar-refractivity contribution in [2.45, 2.75) is 39.2 Å². The molecule has 0 radical (unpaired) electrons. The molecule has 1 unspecified atom stereocenters. The van der Waals surface area contributed by atoms with Gasteiger partial charge in [-0.25, -0.2) is 0 Å². The summed E-state index contributed by atoms with van der Waals surface area (Å²) in [6, 6.07) is 11.8. The van der Waals surface area contributed by atoms with E-state index in [2.05, 4.69) is 0 Å². The molecule has 1 fully saturated rings. The lowest BCUT2D eigenvalue weighted by atomic mass is 9.93. The summed E-state index contributed by atoms with van der Waals surface area (Å²) in [4.78, 5) is 27.7. The number of amides is 1. The van der Waals surface area contributed by atoms with Gasteiger partial charge in [-0.1, -0.05) is 26.0 Å². The number of carbonyl (C=O) groups excluding carboxylic acids is 2. The van der Waals surface area contributed by atoms with E-state index in [4.69, 9.17) is 14.2 Å². The van der Waals surface area contributed by atoms with E-state index in [1.165, 1.54) is 4.90 Å². The van der Waals surface area contributed by atoms with Gasteiger partial charge < -0.3 is 24.2 Å². The molecular formula is C27H33NO6. The maximum atomic E-state index is 13.2. The van der Waals surface area contributed by atoms with E-state index in [0.29, 0.717) is 43.1 Å². The summed E-state index contributed by atoms with van der Waals surface area (Å²) in [6.07, 6.45) is 0.560. The van der Waals surface area contributed by atoms with Crippen LogP contribution in [0.2, 0.25) is 0 Å². The first-order valence-corrected chi connectivity index (χ1v) is 11.5. The summed E-state index contributed by atoms with van der Waals surface area (Å²) in [5, 5.41) is 11.4. The number of ketones is 1. The van der Waals surface area contributed by atoms with Crippen molar-refractivity contribution in [1.29, 1.82) is 0 Å². The molecule has 1 N–H and O–H groups in total.